The predicted molar refractivity (Wildman–Crippen MR) is 102 cm³/mol. The second kappa shape index (κ2) is 8.01. The maximum atomic E-state index is 12.6. The van der Waals surface area contributed by atoms with E-state index in [-0.39, 0.29) is 5.91 Å². The van der Waals surface area contributed by atoms with Crippen LogP contribution < -0.4 is 14.3 Å². The lowest BCUT2D eigenvalue weighted by molar-refractivity contribution is 0.0997. The van der Waals surface area contributed by atoms with E-state index in [9.17, 15) is 4.79 Å². The molecule has 0 atom stereocenters. The van der Waals surface area contributed by atoms with Crippen LogP contribution in [-0.4, -0.2) is 24.7 Å². The number of hydrogen-bond acceptors (Lipinski definition) is 4. The van der Waals surface area contributed by atoms with Crippen LogP contribution in [0.15, 0.2) is 59.0 Å². The summed E-state index contributed by atoms with van der Waals surface area (Å²) in [6.07, 6.45) is 1.93. The minimum absolute atomic E-state index is 0.331. The first-order chi connectivity index (χ1) is 12.6. The number of benzene rings is 2. The molecular weight excluding hydrogens is 348 g/mol. The molecule has 0 saturated heterocycles. The molecule has 0 radical (unpaired) electrons. The van der Waals surface area contributed by atoms with Gasteiger partial charge in [0.05, 0.1) is 14.2 Å². The third-order valence-corrected chi connectivity index (χ3v) is 4.72. The molecule has 0 unspecified atom stereocenters. The molecule has 6 heteroatoms. The highest BCUT2D eigenvalue weighted by molar-refractivity contribution is 7.07. The number of aromatic nitrogens is 1. The Labute approximate surface area is 156 Å². The van der Waals surface area contributed by atoms with E-state index in [1.165, 1.54) is 16.9 Å². The monoisotopic (exact) mass is 368 g/mol. The van der Waals surface area contributed by atoms with Gasteiger partial charge in [0, 0.05) is 29.8 Å². The first-order valence-corrected chi connectivity index (χ1v) is 8.98. The Morgan fingerprint density at radius 1 is 1.08 bits per heavy atom. The Morgan fingerprint density at radius 3 is 2.35 bits per heavy atom. The number of thiazole rings is 1. The summed E-state index contributed by atoms with van der Waals surface area (Å²) < 4.78 is 12.4. The average Bonchev–Trinajstić information content (AvgIpc) is 3.09. The van der Waals surface area contributed by atoms with E-state index in [2.05, 4.69) is 36.2 Å². The van der Waals surface area contributed by atoms with Gasteiger partial charge >= 0.3 is 0 Å². The van der Waals surface area contributed by atoms with Crippen LogP contribution in [0.5, 0.6) is 11.5 Å². The molecule has 2 aromatic carbocycles. The van der Waals surface area contributed by atoms with Crippen molar-refractivity contribution in [2.24, 2.45) is 4.99 Å². The smallest absolute Gasteiger partial charge is 0.279 e. The third-order valence-electron chi connectivity index (χ3n) is 3.93. The minimum atomic E-state index is -0.331. The fraction of sp³-hybridized carbons (Fsp3) is 0.200. The number of methoxy groups -OCH3 is 2. The Hall–Kier alpha value is -2.86. The SMILES string of the molecule is COc1cc(OC)cc(C(=O)N=c2sccn2Cc2ccc(C)cc2)c1. The van der Waals surface area contributed by atoms with E-state index in [1.54, 1.807) is 32.4 Å². The average molecular weight is 368 g/mol. The summed E-state index contributed by atoms with van der Waals surface area (Å²) in [6, 6.07) is 13.4. The number of aryl methyl sites for hydroxylation is 1. The van der Waals surface area contributed by atoms with Gasteiger partial charge in [0.1, 0.15) is 11.5 Å². The second-order valence-electron chi connectivity index (χ2n) is 5.82. The molecule has 5 nitrogen and oxygen atoms in total. The molecule has 1 heterocycles. The number of carbonyl (C=O) groups is 1. The van der Waals surface area contributed by atoms with Gasteiger partial charge in [0.2, 0.25) is 0 Å². The summed E-state index contributed by atoms with van der Waals surface area (Å²) in [5.74, 6) is 0.783. The van der Waals surface area contributed by atoms with Crippen molar-refractivity contribution in [2.45, 2.75) is 13.5 Å². The zero-order valence-electron chi connectivity index (χ0n) is 14.9. The summed E-state index contributed by atoms with van der Waals surface area (Å²) in [7, 11) is 3.10. The fourth-order valence-electron chi connectivity index (χ4n) is 2.48. The molecule has 1 aromatic heterocycles. The number of hydrogen-bond donors (Lipinski definition) is 0. The number of rotatable bonds is 5. The van der Waals surface area contributed by atoms with Gasteiger partial charge in [-0.15, -0.1) is 11.3 Å². The van der Waals surface area contributed by atoms with Gasteiger partial charge in [-0.1, -0.05) is 29.8 Å². The van der Waals surface area contributed by atoms with E-state index >= 15 is 0 Å². The topological polar surface area (TPSA) is 52.8 Å². The quantitative estimate of drug-likeness (QED) is 0.690. The Morgan fingerprint density at radius 2 is 1.73 bits per heavy atom. The van der Waals surface area contributed by atoms with Gasteiger partial charge in [-0.25, -0.2) is 0 Å². The van der Waals surface area contributed by atoms with Crippen molar-refractivity contribution in [3.8, 4) is 11.5 Å². The molecule has 0 aliphatic carbocycles. The largest absolute Gasteiger partial charge is 0.497 e. The van der Waals surface area contributed by atoms with Crippen molar-refractivity contribution in [3.05, 3.63) is 75.5 Å². The second-order valence-corrected chi connectivity index (χ2v) is 6.69. The van der Waals surface area contributed by atoms with Gasteiger partial charge in [0.25, 0.3) is 5.91 Å². The highest BCUT2D eigenvalue weighted by atomic mass is 32.1. The van der Waals surface area contributed by atoms with Crippen LogP contribution in [-0.2, 0) is 6.54 Å². The normalized spacial score (nSPS) is 11.4. The molecule has 0 aliphatic heterocycles. The van der Waals surface area contributed by atoms with Crippen molar-refractivity contribution in [1.29, 1.82) is 0 Å². The number of nitrogens with zero attached hydrogens (tertiary/aromatic N) is 2. The molecule has 0 aliphatic rings. The Kier molecular flexibility index (Phi) is 5.53. The van der Waals surface area contributed by atoms with Crippen molar-refractivity contribution in [3.63, 3.8) is 0 Å². The first kappa shape index (κ1) is 17.9. The number of carbonyl (C=O) groups excluding carboxylic acids is 1. The lowest BCUT2D eigenvalue weighted by Crippen LogP contribution is -2.17. The van der Waals surface area contributed by atoms with Crippen LogP contribution in [0.25, 0.3) is 0 Å². The van der Waals surface area contributed by atoms with E-state index in [4.69, 9.17) is 9.47 Å². The maximum Gasteiger partial charge on any atom is 0.279 e. The summed E-state index contributed by atoms with van der Waals surface area (Å²) >= 11 is 1.43. The fourth-order valence-corrected chi connectivity index (χ4v) is 3.21. The van der Waals surface area contributed by atoms with Crippen LogP contribution in [0.1, 0.15) is 21.5 Å². The molecule has 0 saturated carbocycles. The molecule has 3 aromatic rings. The predicted octanol–water partition coefficient (Wildman–Crippen LogP) is 3.66. The Balaban J connectivity index is 1.90. The van der Waals surface area contributed by atoms with E-state index in [0.29, 0.717) is 28.4 Å². The Bertz CT molecular complexity index is 949. The molecule has 0 N–H and O–H groups in total. The molecule has 0 spiro atoms. The molecule has 26 heavy (non-hydrogen) atoms. The highest BCUT2D eigenvalue weighted by Crippen LogP contribution is 2.22. The van der Waals surface area contributed by atoms with Crippen molar-refractivity contribution in [1.82, 2.24) is 4.57 Å². The van der Waals surface area contributed by atoms with Crippen LogP contribution >= 0.6 is 11.3 Å². The van der Waals surface area contributed by atoms with Crippen molar-refractivity contribution in [2.75, 3.05) is 14.2 Å². The van der Waals surface area contributed by atoms with E-state index in [0.717, 1.165) is 5.56 Å². The third kappa shape index (κ3) is 4.21. The number of ether oxygens (including phenoxy) is 2. The summed E-state index contributed by atoms with van der Waals surface area (Å²) in [6.45, 7) is 2.72. The van der Waals surface area contributed by atoms with Gasteiger partial charge < -0.3 is 14.0 Å². The lowest BCUT2D eigenvalue weighted by atomic mass is 10.1. The van der Waals surface area contributed by atoms with E-state index < -0.39 is 0 Å². The highest BCUT2D eigenvalue weighted by Gasteiger charge is 2.10. The van der Waals surface area contributed by atoms with Crippen LogP contribution in [0.3, 0.4) is 0 Å². The zero-order chi connectivity index (χ0) is 18.5. The van der Waals surface area contributed by atoms with Crippen molar-refractivity contribution >= 4 is 17.2 Å². The first-order valence-electron chi connectivity index (χ1n) is 8.10. The minimum Gasteiger partial charge on any atom is -0.497 e. The summed E-state index contributed by atoms with van der Waals surface area (Å²) in [5.41, 5.74) is 2.80. The molecule has 1 amide bonds. The number of amides is 1. The molecule has 0 fully saturated rings. The molecular formula is C20H20N2O3S. The molecule has 134 valence electrons. The van der Waals surface area contributed by atoms with Crippen molar-refractivity contribution < 1.29 is 14.3 Å². The lowest BCUT2D eigenvalue weighted by Gasteiger charge is -2.06. The zero-order valence-corrected chi connectivity index (χ0v) is 15.7. The standard InChI is InChI=1S/C20H20N2O3S/c1-14-4-6-15(7-5-14)13-22-8-9-26-20(22)21-19(23)16-10-17(24-2)12-18(11-16)25-3/h4-12H,13H2,1-3H3. The van der Waals surface area contributed by atoms with Crippen LogP contribution in [0.4, 0.5) is 0 Å². The van der Waals surface area contributed by atoms with E-state index in [1.807, 2.05) is 16.1 Å². The van der Waals surface area contributed by atoms with Crippen LogP contribution in [0.2, 0.25) is 0 Å². The summed E-state index contributed by atoms with van der Waals surface area (Å²) in [5, 5.41) is 1.92. The molecule has 3 rings (SSSR count). The van der Waals surface area contributed by atoms with Gasteiger partial charge in [-0.2, -0.15) is 4.99 Å². The van der Waals surface area contributed by atoms with Gasteiger partial charge in [-0.3, -0.25) is 4.79 Å². The molecule has 0 bridgehead atoms. The van der Waals surface area contributed by atoms with Gasteiger partial charge in [-0.05, 0) is 24.6 Å². The summed E-state index contributed by atoms with van der Waals surface area (Å²) in [4.78, 5) is 17.5. The van der Waals surface area contributed by atoms with Gasteiger partial charge in [0.15, 0.2) is 4.80 Å². The maximum absolute atomic E-state index is 12.6. The van der Waals surface area contributed by atoms with Crippen LogP contribution in [0, 0.1) is 6.92 Å².